The van der Waals surface area contributed by atoms with Crippen molar-refractivity contribution < 1.29 is 9.59 Å². The van der Waals surface area contributed by atoms with Gasteiger partial charge in [-0.15, -0.1) is 11.8 Å². The Morgan fingerprint density at radius 2 is 1.74 bits per heavy atom. The monoisotopic (exact) mass is 380 g/mol. The molecule has 1 N–H and O–H groups in total. The number of carbonyl (C=O) groups is 2. The first kappa shape index (κ1) is 18.1. The zero-order chi connectivity index (χ0) is 18.6. The number of hydrogen-bond donors (Lipinski definition) is 1. The van der Waals surface area contributed by atoms with Crippen molar-refractivity contribution in [1.29, 1.82) is 0 Å². The number of anilines is 1. The number of likely N-dealkylation sites (tertiary alicyclic amines) is 1. The summed E-state index contributed by atoms with van der Waals surface area (Å²) in [7, 11) is 0. The Balaban J connectivity index is 1.29. The van der Waals surface area contributed by atoms with Crippen molar-refractivity contribution in [3.63, 3.8) is 0 Å². The summed E-state index contributed by atoms with van der Waals surface area (Å²) in [4.78, 5) is 28.0. The van der Waals surface area contributed by atoms with Crippen LogP contribution in [0.25, 0.3) is 0 Å². The molecule has 0 aliphatic carbocycles. The second-order valence-electron chi connectivity index (χ2n) is 7.31. The summed E-state index contributed by atoms with van der Waals surface area (Å²) in [5.41, 5.74) is 2.22. The van der Waals surface area contributed by atoms with Crippen LogP contribution in [0.1, 0.15) is 24.8 Å². The summed E-state index contributed by atoms with van der Waals surface area (Å²) in [5.74, 6) is 0.668. The van der Waals surface area contributed by atoms with E-state index in [4.69, 9.17) is 0 Å². The highest BCUT2D eigenvalue weighted by Crippen LogP contribution is 2.37. The Morgan fingerprint density at radius 3 is 2.52 bits per heavy atom. The molecule has 1 saturated heterocycles. The number of carbonyl (C=O) groups excluding carboxylic acids is 2. The van der Waals surface area contributed by atoms with E-state index in [1.54, 1.807) is 0 Å². The van der Waals surface area contributed by atoms with E-state index >= 15 is 0 Å². The molecule has 2 amide bonds. The molecule has 1 atom stereocenters. The highest BCUT2D eigenvalue weighted by atomic mass is 32.2. The second-order valence-corrected chi connectivity index (χ2v) is 8.55. The van der Waals surface area contributed by atoms with Gasteiger partial charge in [-0.3, -0.25) is 9.59 Å². The first-order valence-electron chi connectivity index (χ1n) is 9.57. The maximum atomic E-state index is 12.7. The topological polar surface area (TPSA) is 49.4 Å². The van der Waals surface area contributed by atoms with Crippen molar-refractivity contribution in [2.75, 3.05) is 18.4 Å². The predicted octanol–water partition coefficient (Wildman–Crippen LogP) is 3.97. The van der Waals surface area contributed by atoms with Crippen LogP contribution >= 0.6 is 11.8 Å². The van der Waals surface area contributed by atoms with Crippen LogP contribution < -0.4 is 5.32 Å². The molecule has 2 aromatic rings. The van der Waals surface area contributed by atoms with Gasteiger partial charge in [0, 0.05) is 24.4 Å². The van der Waals surface area contributed by atoms with Gasteiger partial charge in [0.05, 0.1) is 10.9 Å². The fourth-order valence-corrected chi connectivity index (χ4v) is 4.95. The van der Waals surface area contributed by atoms with Crippen LogP contribution in [0.5, 0.6) is 0 Å². The lowest BCUT2D eigenvalue weighted by Crippen LogP contribution is -2.41. The molecule has 0 unspecified atom stereocenters. The molecule has 4 rings (SSSR count). The van der Waals surface area contributed by atoms with E-state index in [1.807, 2.05) is 35.2 Å². The highest BCUT2D eigenvalue weighted by Gasteiger charge is 2.31. The summed E-state index contributed by atoms with van der Waals surface area (Å²) in [5, 5.41) is 2.58. The zero-order valence-electron chi connectivity index (χ0n) is 15.3. The molecule has 2 aliphatic rings. The third kappa shape index (κ3) is 4.35. The van der Waals surface area contributed by atoms with Crippen LogP contribution in [0.15, 0.2) is 59.5 Å². The van der Waals surface area contributed by atoms with E-state index in [2.05, 4.69) is 29.6 Å². The van der Waals surface area contributed by atoms with Crippen molar-refractivity contribution in [2.45, 2.75) is 35.8 Å². The van der Waals surface area contributed by atoms with Crippen LogP contribution in [0, 0.1) is 5.92 Å². The van der Waals surface area contributed by atoms with Gasteiger partial charge < -0.3 is 10.2 Å². The number of piperidine rings is 1. The average Bonchev–Trinajstić information content (AvgIpc) is 2.70. The first-order valence-corrected chi connectivity index (χ1v) is 10.5. The van der Waals surface area contributed by atoms with Crippen molar-refractivity contribution in [3.05, 3.63) is 60.2 Å². The summed E-state index contributed by atoms with van der Waals surface area (Å²) < 4.78 is 0. The van der Waals surface area contributed by atoms with Gasteiger partial charge in [-0.2, -0.15) is 0 Å². The van der Waals surface area contributed by atoms with Gasteiger partial charge in [-0.25, -0.2) is 0 Å². The van der Waals surface area contributed by atoms with Crippen molar-refractivity contribution in [3.8, 4) is 0 Å². The van der Waals surface area contributed by atoms with Crippen molar-refractivity contribution in [2.24, 2.45) is 5.92 Å². The Hall–Kier alpha value is -2.27. The van der Waals surface area contributed by atoms with Gasteiger partial charge in [-0.05, 0) is 42.9 Å². The van der Waals surface area contributed by atoms with Crippen LogP contribution in [0.2, 0.25) is 0 Å². The molecule has 0 aromatic heterocycles. The second kappa shape index (κ2) is 8.17. The van der Waals surface area contributed by atoms with Gasteiger partial charge in [0.25, 0.3) is 0 Å². The third-order valence-electron chi connectivity index (χ3n) is 5.40. The lowest BCUT2D eigenvalue weighted by molar-refractivity contribution is -0.133. The Bertz CT molecular complexity index is 816. The van der Waals surface area contributed by atoms with Crippen LogP contribution in [-0.4, -0.2) is 35.1 Å². The minimum atomic E-state index is -0.338. The van der Waals surface area contributed by atoms with Gasteiger partial charge in [0.15, 0.2) is 0 Å². The number of amides is 2. The van der Waals surface area contributed by atoms with Gasteiger partial charge >= 0.3 is 0 Å². The van der Waals surface area contributed by atoms with E-state index in [0.29, 0.717) is 5.92 Å². The van der Waals surface area contributed by atoms with E-state index in [0.717, 1.165) is 42.9 Å². The number of hydrogen-bond acceptors (Lipinski definition) is 3. The molecule has 5 heteroatoms. The van der Waals surface area contributed by atoms with E-state index in [1.165, 1.54) is 17.3 Å². The number of rotatable bonds is 4. The van der Waals surface area contributed by atoms with Crippen LogP contribution in [-0.2, 0) is 16.0 Å². The normalized spacial score (nSPS) is 20.1. The number of nitrogens with zero attached hydrogens (tertiary/aromatic N) is 1. The molecule has 2 aromatic carbocycles. The van der Waals surface area contributed by atoms with Gasteiger partial charge in [-0.1, -0.05) is 42.5 Å². The lowest BCUT2D eigenvalue weighted by atomic mass is 9.90. The number of para-hydroxylation sites is 1. The van der Waals surface area contributed by atoms with Crippen LogP contribution in [0.4, 0.5) is 5.69 Å². The minimum Gasteiger partial charge on any atom is -0.343 e. The van der Waals surface area contributed by atoms with Crippen molar-refractivity contribution >= 4 is 29.3 Å². The molecule has 0 saturated carbocycles. The molecule has 27 heavy (non-hydrogen) atoms. The van der Waals surface area contributed by atoms with Gasteiger partial charge in [0.2, 0.25) is 11.8 Å². The average molecular weight is 381 g/mol. The maximum Gasteiger partial charge on any atom is 0.238 e. The summed E-state index contributed by atoms with van der Waals surface area (Å²) >= 11 is 1.50. The molecule has 0 bridgehead atoms. The molecular formula is C22H24N2O2S. The van der Waals surface area contributed by atoms with Crippen LogP contribution in [0.3, 0.4) is 0 Å². The van der Waals surface area contributed by atoms with Gasteiger partial charge in [0.1, 0.15) is 0 Å². The number of nitrogens with one attached hydrogen (secondary N) is 1. The van der Waals surface area contributed by atoms with E-state index < -0.39 is 0 Å². The molecule has 4 nitrogen and oxygen atoms in total. The Kier molecular flexibility index (Phi) is 5.48. The molecule has 140 valence electrons. The highest BCUT2D eigenvalue weighted by molar-refractivity contribution is 8.01. The predicted molar refractivity (Wildman–Crippen MR) is 109 cm³/mol. The largest absolute Gasteiger partial charge is 0.343 e. The fourth-order valence-electron chi connectivity index (χ4n) is 3.85. The number of fused-ring (bicyclic) bond motifs is 1. The zero-order valence-corrected chi connectivity index (χ0v) is 16.1. The SMILES string of the molecule is O=C1Nc2ccccc2S[C@H]1CC(=O)N1CCC(Cc2ccccc2)CC1. The molecule has 0 radical (unpaired) electrons. The quantitative estimate of drug-likeness (QED) is 0.873. The van der Waals surface area contributed by atoms with Crippen molar-refractivity contribution in [1.82, 2.24) is 4.90 Å². The van der Waals surface area contributed by atoms with E-state index in [-0.39, 0.29) is 23.5 Å². The Labute approximate surface area is 164 Å². The number of thioether (sulfide) groups is 1. The first-order chi connectivity index (χ1) is 13.2. The number of benzene rings is 2. The van der Waals surface area contributed by atoms with E-state index in [9.17, 15) is 9.59 Å². The summed E-state index contributed by atoms with van der Waals surface area (Å²) in [6, 6.07) is 18.3. The molecule has 1 fully saturated rings. The summed E-state index contributed by atoms with van der Waals surface area (Å²) in [6.07, 6.45) is 3.43. The molecule has 2 heterocycles. The fraction of sp³-hybridized carbons (Fsp3) is 0.364. The maximum absolute atomic E-state index is 12.7. The molecule has 2 aliphatic heterocycles. The molecular weight excluding hydrogens is 356 g/mol. The summed E-state index contributed by atoms with van der Waals surface area (Å²) in [6.45, 7) is 1.60. The Morgan fingerprint density at radius 1 is 1.04 bits per heavy atom. The third-order valence-corrected chi connectivity index (χ3v) is 6.68. The molecule has 0 spiro atoms. The standard InChI is InChI=1S/C22H24N2O2S/c25-21(15-20-22(26)23-18-8-4-5-9-19(18)27-20)24-12-10-17(11-13-24)14-16-6-2-1-3-7-16/h1-9,17,20H,10-15H2,(H,23,26)/t20-/m0/s1. The minimum absolute atomic E-state index is 0.0639. The smallest absolute Gasteiger partial charge is 0.238 e. The lowest BCUT2D eigenvalue weighted by Gasteiger charge is -2.33.